The van der Waals surface area contributed by atoms with Crippen LogP contribution in [0.5, 0.6) is 0 Å². The fourth-order valence-electron chi connectivity index (χ4n) is 5.02. The molecular weight excluding hydrogens is 537 g/mol. The Bertz CT molecular complexity index is 1510. The van der Waals surface area contributed by atoms with Crippen LogP contribution in [-0.2, 0) is 11.2 Å². The highest BCUT2D eigenvalue weighted by molar-refractivity contribution is 6.31. The predicted octanol–water partition coefficient (Wildman–Crippen LogP) is 4.13. The topological polar surface area (TPSA) is 89.2 Å². The van der Waals surface area contributed by atoms with E-state index in [-0.39, 0.29) is 16.6 Å². The lowest BCUT2D eigenvalue weighted by Gasteiger charge is -2.37. The van der Waals surface area contributed by atoms with Gasteiger partial charge in [0.1, 0.15) is 6.04 Å². The van der Waals surface area contributed by atoms with Gasteiger partial charge in [0.2, 0.25) is 5.91 Å². The number of likely N-dealkylation sites (tertiary alicyclic amines) is 1. The minimum atomic E-state index is -0.717. The Labute approximate surface area is 236 Å². The van der Waals surface area contributed by atoms with Crippen LogP contribution < -0.4 is 5.56 Å². The lowest BCUT2D eigenvalue weighted by molar-refractivity contribution is -0.136. The molecule has 0 aliphatic carbocycles. The van der Waals surface area contributed by atoms with Gasteiger partial charge in [0, 0.05) is 42.2 Å². The predicted molar refractivity (Wildman–Crippen MR) is 151 cm³/mol. The summed E-state index contributed by atoms with van der Waals surface area (Å²) in [5.41, 5.74) is 2.24. The molecule has 9 nitrogen and oxygen atoms in total. The second-order valence-corrected chi connectivity index (χ2v) is 10.7. The van der Waals surface area contributed by atoms with Gasteiger partial charge in [-0.2, -0.15) is 0 Å². The lowest BCUT2D eigenvalue weighted by atomic mass is 10.0. The van der Waals surface area contributed by atoms with E-state index in [1.165, 1.54) is 21.6 Å². The Morgan fingerprint density at radius 1 is 1.08 bits per heavy atom. The summed E-state index contributed by atoms with van der Waals surface area (Å²) in [7, 11) is 4.13. The summed E-state index contributed by atoms with van der Waals surface area (Å²) in [4.78, 5) is 36.1. The molecule has 0 spiro atoms. The van der Waals surface area contributed by atoms with E-state index in [0.29, 0.717) is 47.5 Å². The van der Waals surface area contributed by atoms with Crippen molar-refractivity contribution in [3.05, 3.63) is 93.2 Å². The van der Waals surface area contributed by atoms with Crippen molar-refractivity contribution in [3.8, 4) is 16.9 Å². The maximum Gasteiger partial charge on any atom is 0.254 e. The van der Waals surface area contributed by atoms with Crippen molar-refractivity contribution in [2.24, 2.45) is 0 Å². The van der Waals surface area contributed by atoms with E-state index in [0.717, 1.165) is 18.4 Å². The van der Waals surface area contributed by atoms with Gasteiger partial charge in [0.15, 0.2) is 5.15 Å². The van der Waals surface area contributed by atoms with Crippen LogP contribution in [0.1, 0.15) is 24.4 Å². The van der Waals surface area contributed by atoms with Gasteiger partial charge in [-0.1, -0.05) is 58.7 Å². The van der Waals surface area contributed by atoms with E-state index >= 15 is 0 Å². The van der Waals surface area contributed by atoms with E-state index in [9.17, 15) is 9.59 Å². The van der Waals surface area contributed by atoms with Crippen molar-refractivity contribution < 1.29 is 4.79 Å². The zero-order valence-electron chi connectivity index (χ0n) is 21.7. The molecule has 202 valence electrons. The van der Waals surface area contributed by atoms with Gasteiger partial charge < -0.3 is 9.80 Å². The minimum absolute atomic E-state index is 0.0755. The Morgan fingerprint density at radius 2 is 1.82 bits per heavy atom. The number of amides is 1. The molecule has 0 radical (unpaired) electrons. The second kappa shape index (κ2) is 11.7. The molecule has 3 heterocycles. The third kappa shape index (κ3) is 6.06. The van der Waals surface area contributed by atoms with Crippen molar-refractivity contribution in [2.45, 2.75) is 31.3 Å². The van der Waals surface area contributed by atoms with E-state index < -0.39 is 6.04 Å². The van der Waals surface area contributed by atoms with Gasteiger partial charge in [0.05, 0.1) is 23.9 Å². The normalized spacial score (nSPS) is 15.1. The molecule has 1 fully saturated rings. The summed E-state index contributed by atoms with van der Waals surface area (Å²) in [6.07, 6.45) is 5.19. The summed E-state index contributed by atoms with van der Waals surface area (Å²) < 4.78 is 2.94. The first-order valence-electron chi connectivity index (χ1n) is 12.8. The molecule has 1 aliphatic rings. The number of hydrogen-bond acceptors (Lipinski definition) is 6. The van der Waals surface area contributed by atoms with Gasteiger partial charge in [-0.25, -0.2) is 9.67 Å². The Kier molecular flexibility index (Phi) is 8.11. The van der Waals surface area contributed by atoms with Crippen molar-refractivity contribution in [1.29, 1.82) is 0 Å². The number of rotatable bonds is 7. The van der Waals surface area contributed by atoms with Gasteiger partial charge in [-0.3, -0.25) is 14.2 Å². The molecule has 11 heteroatoms. The minimum Gasteiger partial charge on any atom is -0.341 e. The van der Waals surface area contributed by atoms with Crippen LogP contribution in [0, 0.1) is 0 Å². The van der Waals surface area contributed by atoms with Crippen LogP contribution >= 0.6 is 23.2 Å². The SMILES string of the molecule is CN(C)C1CCN(C(=O)C(Cc2ccccc2)n2cnc(-c3cc(Cl)ccc3-n3cc(Cl)nn3)cc2=O)CC1. The van der Waals surface area contributed by atoms with Crippen LogP contribution in [0.4, 0.5) is 0 Å². The molecule has 39 heavy (non-hydrogen) atoms. The summed E-state index contributed by atoms with van der Waals surface area (Å²) in [6, 6.07) is 16.1. The van der Waals surface area contributed by atoms with Gasteiger partial charge in [-0.15, -0.1) is 5.10 Å². The average Bonchev–Trinajstić information content (AvgIpc) is 3.38. The second-order valence-electron chi connectivity index (χ2n) is 9.89. The maximum absolute atomic E-state index is 13.8. The molecule has 5 rings (SSSR count). The highest BCUT2D eigenvalue weighted by Crippen LogP contribution is 2.28. The number of halogens is 2. The highest BCUT2D eigenvalue weighted by Gasteiger charge is 2.31. The Morgan fingerprint density at radius 3 is 2.46 bits per heavy atom. The summed E-state index contributed by atoms with van der Waals surface area (Å²) in [5.74, 6) is -0.0755. The largest absolute Gasteiger partial charge is 0.341 e. The molecule has 2 aromatic carbocycles. The van der Waals surface area contributed by atoms with Crippen LogP contribution in [-0.4, -0.2) is 73.5 Å². The third-order valence-corrected chi connectivity index (χ3v) is 7.59. The van der Waals surface area contributed by atoms with Crippen LogP contribution in [0.2, 0.25) is 10.2 Å². The molecule has 1 saturated heterocycles. The first-order valence-corrected chi connectivity index (χ1v) is 13.5. The molecular formula is C28H29Cl2N7O2. The summed E-state index contributed by atoms with van der Waals surface area (Å²) >= 11 is 12.3. The molecule has 1 amide bonds. The van der Waals surface area contributed by atoms with E-state index in [4.69, 9.17) is 23.2 Å². The van der Waals surface area contributed by atoms with Crippen molar-refractivity contribution in [2.75, 3.05) is 27.2 Å². The number of benzene rings is 2. The molecule has 0 saturated carbocycles. The molecule has 1 unspecified atom stereocenters. The number of nitrogens with zero attached hydrogens (tertiary/aromatic N) is 7. The number of hydrogen-bond donors (Lipinski definition) is 0. The van der Waals surface area contributed by atoms with Gasteiger partial charge in [0.25, 0.3) is 5.56 Å². The number of carbonyl (C=O) groups excluding carboxylic acids is 1. The zero-order valence-corrected chi connectivity index (χ0v) is 23.3. The fraction of sp³-hybridized carbons (Fsp3) is 0.321. The standard InChI is InChI=1S/C28H29Cl2N7O2/c1-34(2)21-10-12-35(13-11-21)28(39)25(14-19-6-4-3-5-7-19)36-18-31-23(16-27(36)38)22-15-20(29)8-9-24(22)37-17-26(30)32-33-37/h3-9,15-18,21,25H,10-14H2,1-2H3. The third-order valence-electron chi connectivity index (χ3n) is 7.18. The van der Waals surface area contributed by atoms with Gasteiger partial charge >= 0.3 is 0 Å². The fourth-order valence-corrected chi connectivity index (χ4v) is 5.32. The molecule has 2 aromatic heterocycles. The monoisotopic (exact) mass is 565 g/mol. The molecule has 0 N–H and O–H groups in total. The first kappa shape index (κ1) is 27.1. The van der Waals surface area contributed by atoms with E-state index in [1.54, 1.807) is 24.4 Å². The average molecular weight is 566 g/mol. The van der Waals surface area contributed by atoms with Crippen LogP contribution in [0.25, 0.3) is 16.9 Å². The number of carbonyl (C=O) groups is 1. The first-order chi connectivity index (χ1) is 18.8. The lowest BCUT2D eigenvalue weighted by Crippen LogP contribution is -2.48. The molecule has 1 atom stereocenters. The molecule has 1 aliphatic heterocycles. The maximum atomic E-state index is 13.8. The summed E-state index contributed by atoms with van der Waals surface area (Å²) in [6.45, 7) is 1.30. The van der Waals surface area contributed by atoms with Crippen molar-refractivity contribution in [1.82, 2.24) is 34.3 Å². The van der Waals surface area contributed by atoms with Crippen molar-refractivity contribution >= 4 is 29.1 Å². The van der Waals surface area contributed by atoms with Crippen LogP contribution in [0.3, 0.4) is 0 Å². The number of aromatic nitrogens is 5. The summed E-state index contributed by atoms with van der Waals surface area (Å²) in [5, 5.41) is 8.58. The van der Waals surface area contributed by atoms with Crippen molar-refractivity contribution in [3.63, 3.8) is 0 Å². The number of piperidine rings is 1. The van der Waals surface area contributed by atoms with E-state index in [1.807, 2.05) is 35.2 Å². The Balaban J connectivity index is 1.49. The molecule has 0 bridgehead atoms. The smallest absolute Gasteiger partial charge is 0.254 e. The van der Waals surface area contributed by atoms with E-state index in [2.05, 4.69) is 34.3 Å². The quantitative estimate of drug-likeness (QED) is 0.334. The zero-order chi connectivity index (χ0) is 27.5. The molecule has 4 aromatic rings. The van der Waals surface area contributed by atoms with Crippen LogP contribution in [0.15, 0.2) is 71.9 Å². The highest BCUT2D eigenvalue weighted by atomic mass is 35.5. The van der Waals surface area contributed by atoms with Gasteiger partial charge in [-0.05, 0) is 50.7 Å². The Hall–Kier alpha value is -3.53.